The molecule has 0 fully saturated rings. The minimum absolute atomic E-state index is 0.168. The van der Waals surface area contributed by atoms with Gasteiger partial charge in [-0.2, -0.15) is 0 Å². The van der Waals surface area contributed by atoms with Gasteiger partial charge in [-0.1, -0.05) is 15.9 Å². The zero-order valence-electron chi connectivity index (χ0n) is 5.04. The minimum Gasteiger partial charge on any atom is -0.391 e. The Morgan fingerprint density at radius 1 is 1.67 bits per heavy atom. The first-order valence-corrected chi connectivity index (χ1v) is 5.55. The molecule has 5 heteroatoms. The average molecular weight is 217 g/mol. The molecule has 0 aliphatic heterocycles. The first-order valence-electron chi connectivity index (χ1n) is 2.37. The van der Waals surface area contributed by atoms with Gasteiger partial charge in [-0.3, -0.25) is 0 Å². The number of hydrogen-bond acceptors (Lipinski definition) is 3. The molecule has 0 rings (SSSR count). The predicted molar refractivity (Wildman–Crippen MR) is 39.5 cm³/mol. The van der Waals surface area contributed by atoms with Crippen molar-refractivity contribution in [3.63, 3.8) is 0 Å². The SMILES string of the molecule is CS(=O)(=O)CC(O)CBr. The van der Waals surface area contributed by atoms with Crippen LogP contribution in [0.15, 0.2) is 0 Å². The maximum absolute atomic E-state index is 10.4. The molecular weight excluding hydrogens is 208 g/mol. The van der Waals surface area contributed by atoms with Crippen LogP contribution in [0.1, 0.15) is 0 Å². The summed E-state index contributed by atoms with van der Waals surface area (Å²) in [6.07, 6.45) is 0.318. The molecule has 0 aliphatic rings. The quantitative estimate of drug-likeness (QED) is 0.665. The summed E-state index contributed by atoms with van der Waals surface area (Å²) in [5, 5.41) is 9.07. The van der Waals surface area contributed by atoms with Gasteiger partial charge in [0.25, 0.3) is 0 Å². The van der Waals surface area contributed by atoms with E-state index < -0.39 is 15.9 Å². The van der Waals surface area contributed by atoms with E-state index in [-0.39, 0.29) is 5.75 Å². The fourth-order valence-corrected chi connectivity index (χ4v) is 1.74. The van der Waals surface area contributed by atoms with Crippen molar-refractivity contribution in [3.05, 3.63) is 0 Å². The number of halogens is 1. The first-order chi connectivity index (χ1) is 3.95. The lowest BCUT2D eigenvalue weighted by atomic mass is 10.5. The molecule has 0 aromatic heterocycles. The zero-order valence-corrected chi connectivity index (χ0v) is 7.44. The number of aliphatic hydroxyl groups excluding tert-OH is 1. The summed E-state index contributed by atoms with van der Waals surface area (Å²) in [4.78, 5) is 0. The van der Waals surface area contributed by atoms with Crippen LogP contribution in [0.3, 0.4) is 0 Å². The molecule has 0 saturated carbocycles. The summed E-state index contributed by atoms with van der Waals surface area (Å²) < 4.78 is 20.8. The van der Waals surface area contributed by atoms with Gasteiger partial charge in [0.1, 0.15) is 9.84 Å². The lowest BCUT2D eigenvalue weighted by Crippen LogP contribution is -2.20. The monoisotopic (exact) mass is 216 g/mol. The van der Waals surface area contributed by atoms with Gasteiger partial charge in [0.05, 0.1) is 11.9 Å². The van der Waals surface area contributed by atoms with E-state index in [1.165, 1.54) is 0 Å². The third-order valence-electron chi connectivity index (χ3n) is 0.673. The number of hydrogen-bond donors (Lipinski definition) is 1. The highest BCUT2D eigenvalue weighted by Gasteiger charge is 2.09. The number of rotatable bonds is 3. The molecule has 0 aromatic carbocycles. The standard InChI is InChI=1S/C4H9BrO3S/c1-9(7,8)3-4(6)2-5/h4,6H,2-3H2,1H3. The van der Waals surface area contributed by atoms with E-state index in [1.54, 1.807) is 0 Å². The lowest BCUT2D eigenvalue weighted by molar-refractivity contribution is 0.224. The lowest BCUT2D eigenvalue weighted by Gasteiger charge is -2.02. The molecule has 0 bridgehead atoms. The van der Waals surface area contributed by atoms with E-state index >= 15 is 0 Å². The Balaban J connectivity index is 3.75. The fourth-order valence-electron chi connectivity index (χ4n) is 0.394. The van der Waals surface area contributed by atoms with Gasteiger partial charge in [0.2, 0.25) is 0 Å². The summed E-state index contributed by atoms with van der Waals surface area (Å²) >= 11 is 2.95. The average Bonchev–Trinajstić information content (AvgIpc) is 1.62. The Labute approximate surface area is 63.1 Å². The Morgan fingerprint density at radius 2 is 2.11 bits per heavy atom. The highest BCUT2D eigenvalue weighted by atomic mass is 79.9. The Kier molecular flexibility index (Phi) is 3.68. The van der Waals surface area contributed by atoms with Crippen LogP contribution in [0.5, 0.6) is 0 Å². The summed E-state index contributed by atoms with van der Waals surface area (Å²) in [6, 6.07) is 0. The van der Waals surface area contributed by atoms with Crippen LogP contribution in [0.25, 0.3) is 0 Å². The van der Waals surface area contributed by atoms with Gasteiger partial charge in [-0.15, -0.1) is 0 Å². The second kappa shape index (κ2) is 3.53. The second-order valence-corrected chi connectivity index (χ2v) is 4.73. The largest absolute Gasteiger partial charge is 0.391 e. The fraction of sp³-hybridized carbons (Fsp3) is 1.00. The van der Waals surface area contributed by atoms with Crippen LogP contribution in [0.4, 0.5) is 0 Å². The normalized spacial score (nSPS) is 15.4. The van der Waals surface area contributed by atoms with Gasteiger partial charge < -0.3 is 5.11 Å². The van der Waals surface area contributed by atoms with Gasteiger partial charge >= 0.3 is 0 Å². The van der Waals surface area contributed by atoms with Crippen LogP contribution < -0.4 is 0 Å². The van der Waals surface area contributed by atoms with Crippen LogP contribution in [-0.4, -0.2) is 37.0 Å². The molecule has 0 amide bonds. The van der Waals surface area contributed by atoms with Crippen LogP contribution >= 0.6 is 15.9 Å². The van der Waals surface area contributed by atoms with E-state index in [0.29, 0.717) is 5.33 Å². The Hall–Kier alpha value is 0.390. The Morgan fingerprint density at radius 3 is 2.22 bits per heavy atom. The summed E-state index contributed by atoms with van der Waals surface area (Å²) in [7, 11) is -3.02. The van der Waals surface area contributed by atoms with Crippen molar-refractivity contribution in [1.82, 2.24) is 0 Å². The summed E-state index contributed by atoms with van der Waals surface area (Å²) in [5.74, 6) is -0.168. The van der Waals surface area contributed by atoms with E-state index in [4.69, 9.17) is 5.11 Å². The number of sulfone groups is 1. The minimum atomic E-state index is -3.02. The van der Waals surface area contributed by atoms with Crippen molar-refractivity contribution in [3.8, 4) is 0 Å². The maximum Gasteiger partial charge on any atom is 0.150 e. The highest BCUT2D eigenvalue weighted by Crippen LogP contribution is 1.94. The van der Waals surface area contributed by atoms with Crippen molar-refractivity contribution in [1.29, 1.82) is 0 Å². The van der Waals surface area contributed by atoms with Crippen molar-refractivity contribution in [2.45, 2.75) is 6.10 Å². The highest BCUT2D eigenvalue weighted by molar-refractivity contribution is 9.09. The first kappa shape index (κ1) is 9.39. The van der Waals surface area contributed by atoms with Crippen molar-refractivity contribution in [2.75, 3.05) is 17.3 Å². The van der Waals surface area contributed by atoms with Gasteiger partial charge in [-0.05, 0) is 0 Å². The molecule has 56 valence electrons. The van der Waals surface area contributed by atoms with E-state index in [2.05, 4.69) is 15.9 Å². The third kappa shape index (κ3) is 6.27. The van der Waals surface area contributed by atoms with E-state index in [9.17, 15) is 8.42 Å². The molecule has 3 nitrogen and oxygen atoms in total. The predicted octanol–water partition coefficient (Wildman–Crippen LogP) is -0.213. The molecule has 0 spiro atoms. The van der Waals surface area contributed by atoms with Crippen molar-refractivity contribution in [2.24, 2.45) is 0 Å². The smallest absolute Gasteiger partial charge is 0.150 e. The van der Waals surface area contributed by atoms with E-state index in [1.807, 2.05) is 0 Å². The molecule has 1 unspecified atom stereocenters. The third-order valence-corrected chi connectivity index (χ3v) is 2.41. The van der Waals surface area contributed by atoms with Crippen LogP contribution in [-0.2, 0) is 9.84 Å². The van der Waals surface area contributed by atoms with Gasteiger partial charge in [0.15, 0.2) is 0 Å². The molecular formula is C4H9BrO3S. The molecule has 0 aliphatic carbocycles. The summed E-state index contributed by atoms with van der Waals surface area (Å²) in [6.45, 7) is 0. The molecule has 1 N–H and O–H groups in total. The van der Waals surface area contributed by atoms with Gasteiger partial charge in [0, 0.05) is 11.6 Å². The number of alkyl halides is 1. The van der Waals surface area contributed by atoms with Crippen molar-refractivity contribution >= 4 is 25.8 Å². The van der Waals surface area contributed by atoms with E-state index in [0.717, 1.165) is 6.26 Å². The molecule has 0 heterocycles. The van der Waals surface area contributed by atoms with Crippen molar-refractivity contribution < 1.29 is 13.5 Å². The molecule has 1 atom stereocenters. The molecule has 9 heavy (non-hydrogen) atoms. The maximum atomic E-state index is 10.4. The number of aliphatic hydroxyl groups is 1. The molecule has 0 saturated heterocycles. The second-order valence-electron chi connectivity index (χ2n) is 1.90. The molecule has 0 radical (unpaired) electrons. The zero-order chi connectivity index (χ0) is 7.49. The molecule has 0 aromatic rings. The van der Waals surface area contributed by atoms with Crippen LogP contribution in [0, 0.1) is 0 Å². The van der Waals surface area contributed by atoms with Gasteiger partial charge in [-0.25, -0.2) is 8.42 Å². The summed E-state index contributed by atoms with van der Waals surface area (Å²) in [5.41, 5.74) is 0. The van der Waals surface area contributed by atoms with Crippen LogP contribution in [0.2, 0.25) is 0 Å². The topological polar surface area (TPSA) is 54.4 Å². The Bertz CT molecular complexity index is 163.